The van der Waals surface area contributed by atoms with Crippen molar-refractivity contribution in [3.05, 3.63) is 34.4 Å². The molecule has 0 fully saturated rings. The van der Waals surface area contributed by atoms with E-state index in [4.69, 9.17) is 17.3 Å². The first-order valence-corrected chi connectivity index (χ1v) is 5.95. The van der Waals surface area contributed by atoms with Crippen molar-refractivity contribution in [1.29, 1.82) is 0 Å². The topological polar surface area (TPSA) is 53.1 Å². The van der Waals surface area contributed by atoms with Gasteiger partial charge >= 0.3 is 6.61 Å². The first kappa shape index (κ1) is 14.5. The van der Waals surface area contributed by atoms with Crippen LogP contribution in [0.3, 0.4) is 0 Å². The van der Waals surface area contributed by atoms with Gasteiger partial charge in [-0.3, -0.25) is 0 Å². The molecular formula is C12H11ClF3N3O. The molecule has 0 radical (unpaired) electrons. The molecule has 0 aliphatic heterocycles. The number of aromatic nitrogens is 2. The minimum absolute atomic E-state index is 0.0337. The van der Waals surface area contributed by atoms with Gasteiger partial charge in [-0.05, 0) is 13.8 Å². The molecule has 1 aromatic heterocycles. The number of nitrogens with zero attached hydrogens (tertiary/aromatic N) is 2. The number of ether oxygens (including phenoxy) is 1. The van der Waals surface area contributed by atoms with Crippen LogP contribution in [-0.2, 0) is 0 Å². The summed E-state index contributed by atoms with van der Waals surface area (Å²) in [7, 11) is 0. The minimum atomic E-state index is -3.13. The van der Waals surface area contributed by atoms with E-state index in [0.29, 0.717) is 16.4 Å². The van der Waals surface area contributed by atoms with Crippen molar-refractivity contribution in [2.75, 3.05) is 5.73 Å². The van der Waals surface area contributed by atoms with Crippen molar-refractivity contribution in [3.8, 4) is 11.4 Å². The molecular weight excluding hydrogens is 295 g/mol. The van der Waals surface area contributed by atoms with Crippen LogP contribution in [0.1, 0.15) is 11.4 Å². The summed E-state index contributed by atoms with van der Waals surface area (Å²) < 4.78 is 43.4. The van der Waals surface area contributed by atoms with Gasteiger partial charge in [0.2, 0.25) is 0 Å². The molecule has 1 heterocycles. The zero-order valence-corrected chi connectivity index (χ0v) is 11.4. The van der Waals surface area contributed by atoms with Gasteiger partial charge in [0.15, 0.2) is 11.6 Å². The van der Waals surface area contributed by atoms with E-state index in [1.54, 1.807) is 13.8 Å². The van der Waals surface area contributed by atoms with E-state index >= 15 is 0 Å². The molecule has 0 saturated carbocycles. The van der Waals surface area contributed by atoms with Crippen LogP contribution in [0.4, 0.5) is 18.9 Å². The van der Waals surface area contributed by atoms with Crippen LogP contribution in [0.25, 0.3) is 5.69 Å². The predicted molar refractivity (Wildman–Crippen MR) is 69.1 cm³/mol. The van der Waals surface area contributed by atoms with Crippen molar-refractivity contribution in [2.24, 2.45) is 0 Å². The highest BCUT2D eigenvalue weighted by molar-refractivity contribution is 6.31. The molecule has 4 nitrogen and oxygen atoms in total. The van der Waals surface area contributed by atoms with Crippen molar-refractivity contribution in [2.45, 2.75) is 20.5 Å². The smallest absolute Gasteiger partial charge is 0.387 e. The summed E-state index contributed by atoms with van der Waals surface area (Å²) in [5.74, 6) is -1.58. The lowest BCUT2D eigenvalue weighted by Gasteiger charge is -2.12. The largest absolute Gasteiger partial charge is 0.432 e. The Bertz CT molecular complexity index is 658. The number of anilines is 1. The molecule has 0 amide bonds. The van der Waals surface area contributed by atoms with E-state index in [2.05, 4.69) is 9.84 Å². The fourth-order valence-corrected chi connectivity index (χ4v) is 1.90. The molecule has 0 spiro atoms. The number of nitrogen functional groups attached to an aromatic ring is 1. The van der Waals surface area contributed by atoms with Crippen LogP contribution in [0.2, 0.25) is 5.02 Å². The molecule has 2 rings (SSSR count). The molecule has 8 heteroatoms. The van der Waals surface area contributed by atoms with Crippen LogP contribution in [0, 0.1) is 19.7 Å². The van der Waals surface area contributed by atoms with Crippen molar-refractivity contribution < 1.29 is 17.9 Å². The SMILES string of the molecule is Cc1nn(-c2cc(OC(F)F)c(F)cc2N)c(C)c1Cl. The third kappa shape index (κ3) is 2.53. The minimum Gasteiger partial charge on any atom is -0.432 e. The van der Waals surface area contributed by atoms with E-state index in [0.717, 1.165) is 12.1 Å². The predicted octanol–water partition coefficient (Wildman–Crippen LogP) is 3.47. The molecule has 108 valence electrons. The Morgan fingerprint density at radius 3 is 2.50 bits per heavy atom. The summed E-state index contributed by atoms with van der Waals surface area (Å²) in [6.07, 6.45) is 0. The van der Waals surface area contributed by atoms with Crippen LogP contribution in [-0.4, -0.2) is 16.4 Å². The Hall–Kier alpha value is -1.89. The molecule has 2 N–H and O–H groups in total. The first-order valence-electron chi connectivity index (χ1n) is 5.57. The van der Waals surface area contributed by atoms with Gasteiger partial charge in [0.25, 0.3) is 0 Å². The third-order valence-electron chi connectivity index (χ3n) is 2.73. The Kier molecular flexibility index (Phi) is 3.80. The van der Waals surface area contributed by atoms with E-state index in [-0.39, 0.29) is 11.4 Å². The van der Waals surface area contributed by atoms with Gasteiger partial charge in [-0.15, -0.1) is 0 Å². The van der Waals surface area contributed by atoms with Crippen molar-refractivity contribution >= 4 is 17.3 Å². The van der Waals surface area contributed by atoms with Crippen LogP contribution in [0.5, 0.6) is 5.75 Å². The fraction of sp³-hybridized carbons (Fsp3) is 0.250. The zero-order valence-electron chi connectivity index (χ0n) is 10.6. The number of rotatable bonds is 3. The molecule has 0 aliphatic carbocycles. The number of halogens is 4. The Labute approximate surface area is 117 Å². The lowest BCUT2D eigenvalue weighted by atomic mass is 10.2. The molecule has 1 aromatic carbocycles. The van der Waals surface area contributed by atoms with E-state index in [1.807, 2.05) is 0 Å². The quantitative estimate of drug-likeness (QED) is 0.884. The second-order valence-electron chi connectivity index (χ2n) is 4.12. The number of alkyl halides is 2. The highest BCUT2D eigenvalue weighted by atomic mass is 35.5. The maximum Gasteiger partial charge on any atom is 0.387 e. The van der Waals surface area contributed by atoms with E-state index in [1.165, 1.54) is 4.68 Å². The van der Waals surface area contributed by atoms with Gasteiger partial charge < -0.3 is 10.5 Å². The average molecular weight is 306 g/mol. The van der Waals surface area contributed by atoms with Crippen LogP contribution >= 0.6 is 11.6 Å². The van der Waals surface area contributed by atoms with Gasteiger partial charge in [-0.1, -0.05) is 11.6 Å². The number of benzene rings is 1. The molecule has 2 aromatic rings. The van der Waals surface area contributed by atoms with Crippen molar-refractivity contribution in [1.82, 2.24) is 9.78 Å². The number of nitrogens with two attached hydrogens (primary N) is 1. The normalized spacial score (nSPS) is 11.2. The van der Waals surface area contributed by atoms with Gasteiger partial charge in [0.1, 0.15) is 0 Å². The Morgan fingerprint density at radius 1 is 1.35 bits per heavy atom. The second-order valence-corrected chi connectivity index (χ2v) is 4.49. The molecule has 0 saturated heterocycles. The third-order valence-corrected chi connectivity index (χ3v) is 3.28. The van der Waals surface area contributed by atoms with Crippen LogP contribution in [0.15, 0.2) is 12.1 Å². The maximum atomic E-state index is 13.5. The molecule has 0 bridgehead atoms. The van der Waals surface area contributed by atoms with Gasteiger partial charge in [0.05, 0.1) is 27.8 Å². The second kappa shape index (κ2) is 5.24. The molecule has 0 atom stereocenters. The van der Waals surface area contributed by atoms with Crippen LogP contribution < -0.4 is 10.5 Å². The highest BCUT2D eigenvalue weighted by Gasteiger charge is 2.17. The summed E-state index contributed by atoms with van der Waals surface area (Å²) in [4.78, 5) is 0. The highest BCUT2D eigenvalue weighted by Crippen LogP contribution is 2.31. The van der Waals surface area contributed by atoms with E-state index < -0.39 is 18.2 Å². The van der Waals surface area contributed by atoms with Crippen molar-refractivity contribution in [3.63, 3.8) is 0 Å². The fourth-order valence-electron chi connectivity index (χ4n) is 1.79. The molecule has 0 aliphatic rings. The maximum absolute atomic E-state index is 13.5. The Balaban J connectivity index is 2.58. The summed E-state index contributed by atoms with van der Waals surface area (Å²) >= 11 is 6.01. The first-order chi connectivity index (χ1) is 9.31. The number of hydrogen-bond donors (Lipinski definition) is 1. The monoisotopic (exact) mass is 305 g/mol. The molecule has 20 heavy (non-hydrogen) atoms. The molecule has 0 unspecified atom stereocenters. The van der Waals surface area contributed by atoms with Gasteiger partial charge in [0, 0.05) is 12.1 Å². The zero-order chi connectivity index (χ0) is 15.0. The lowest BCUT2D eigenvalue weighted by Crippen LogP contribution is -2.08. The number of hydrogen-bond acceptors (Lipinski definition) is 3. The Morgan fingerprint density at radius 2 is 2.00 bits per heavy atom. The summed E-state index contributed by atoms with van der Waals surface area (Å²) in [5.41, 5.74) is 7.05. The van der Waals surface area contributed by atoms with E-state index in [9.17, 15) is 13.2 Å². The standard InChI is InChI=1S/C12H11ClF3N3O/c1-5-11(13)6(2)19(18-5)9-4-10(20-12(15)16)7(14)3-8(9)17/h3-4,12H,17H2,1-2H3. The summed E-state index contributed by atoms with van der Waals surface area (Å²) in [6.45, 7) is 0.228. The summed E-state index contributed by atoms with van der Waals surface area (Å²) in [6, 6.07) is 1.96. The van der Waals surface area contributed by atoms with Gasteiger partial charge in [-0.25, -0.2) is 9.07 Å². The summed E-state index contributed by atoms with van der Waals surface area (Å²) in [5, 5.41) is 4.55. The lowest BCUT2D eigenvalue weighted by molar-refractivity contribution is -0.0521. The average Bonchev–Trinajstić information content (AvgIpc) is 2.60. The number of aryl methyl sites for hydroxylation is 1. The van der Waals surface area contributed by atoms with Gasteiger partial charge in [-0.2, -0.15) is 13.9 Å².